The van der Waals surface area contributed by atoms with E-state index in [-0.39, 0.29) is 5.97 Å². The molecule has 0 amide bonds. The fourth-order valence-corrected chi connectivity index (χ4v) is 2.50. The summed E-state index contributed by atoms with van der Waals surface area (Å²) in [5.74, 6) is -0.289. The number of anilines is 1. The van der Waals surface area contributed by atoms with E-state index in [0.29, 0.717) is 31.1 Å². The number of esters is 1. The number of nitrogens with two attached hydrogens (primary N) is 1. The van der Waals surface area contributed by atoms with E-state index < -0.39 is 8.07 Å². The summed E-state index contributed by atoms with van der Waals surface area (Å²) >= 11 is 0. The van der Waals surface area contributed by atoms with Crippen LogP contribution in [0.3, 0.4) is 0 Å². The van der Waals surface area contributed by atoms with Crippen LogP contribution in [0.4, 0.5) is 5.69 Å². The van der Waals surface area contributed by atoms with Gasteiger partial charge in [-0.2, -0.15) is 0 Å². The average molecular weight is 309 g/mol. The lowest BCUT2D eigenvalue weighted by Gasteiger charge is -2.16. The lowest BCUT2D eigenvalue weighted by Crippen LogP contribution is -2.23. The highest BCUT2D eigenvalue weighted by atomic mass is 28.3. The van der Waals surface area contributed by atoms with Crippen LogP contribution in [0.25, 0.3) is 0 Å². The minimum atomic E-state index is -1.20. The van der Waals surface area contributed by atoms with Gasteiger partial charge in [-0.25, -0.2) is 4.79 Å². The Hall–Kier alpha value is -1.33. The molecule has 0 radical (unpaired) electrons. The van der Waals surface area contributed by atoms with E-state index in [1.807, 2.05) is 6.92 Å². The largest absolute Gasteiger partial charge is 0.462 e. The Morgan fingerprint density at radius 2 is 1.95 bits per heavy atom. The summed E-state index contributed by atoms with van der Waals surface area (Å²) in [4.78, 5) is 12.2. The molecule has 0 aliphatic rings. The van der Waals surface area contributed by atoms with Crippen LogP contribution >= 0.6 is 0 Å². The van der Waals surface area contributed by atoms with Crippen LogP contribution in [0.5, 0.6) is 0 Å². The Labute approximate surface area is 128 Å². The van der Waals surface area contributed by atoms with Gasteiger partial charge in [0.2, 0.25) is 0 Å². The Kier molecular flexibility index (Phi) is 6.91. The van der Waals surface area contributed by atoms with Gasteiger partial charge in [-0.15, -0.1) is 0 Å². The summed E-state index contributed by atoms with van der Waals surface area (Å²) in [7, 11) is -1.20. The number of carbonyl (C=O) groups excluding carboxylic acids is 1. The first kappa shape index (κ1) is 17.7. The zero-order valence-electron chi connectivity index (χ0n) is 13.6. The van der Waals surface area contributed by atoms with Crippen molar-refractivity contribution in [1.29, 1.82) is 0 Å². The molecule has 0 atom stereocenters. The van der Waals surface area contributed by atoms with Gasteiger partial charge in [-0.05, 0) is 36.2 Å². The van der Waals surface area contributed by atoms with Crippen molar-refractivity contribution in [1.82, 2.24) is 0 Å². The summed E-state index contributed by atoms with van der Waals surface area (Å²) in [6.07, 6.45) is 0.943. The maximum Gasteiger partial charge on any atom is 0.338 e. The molecule has 118 valence electrons. The predicted molar refractivity (Wildman–Crippen MR) is 89.2 cm³/mol. The molecule has 0 aliphatic carbocycles. The molecule has 0 aromatic heterocycles. The van der Waals surface area contributed by atoms with E-state index >= 15 is 0 Å². The molecule has 1 aromatic carbocycles. The number of benzene rings is 1. The van der Waals surface area contributed by atoms with E-state index in [2.05, 4.69) is 19.6 Å². The summed E-state index contributed by atoms with van der Waals surface area (Å²) < 4.78 is 10.9. The third-order valence-electron chi connectivity index (χ3n) is 3.04. The van der Waals surface area contributed by atoms with E-state index in [9.17, 15) is 4.79 Å². The number of ether oxygens (including phenoxy) is 2. The molecule has 0 heterocycles. The Morgan fingerprint density at radius 1 is 1.24 bits per heavy atom. The van der Waals surface area contributed by atoms with Gasteiger partial charge in [-0.1, -0.05) is 26.6 Å². The molecule has 0 saturated heterocycles. The van der Waals surface area contributed by atoms with Crippen molar-refractivity contribution in [2.45, 2.75) is 45.6 Å². The second kappa shape index (κ2) is 8.19. The van der Waals surface area contributed by atoms with Crippen molar-refractivity contribution in [3.8, 4) is 0 Å². The number of hydrogen-bond acceptors (Lipinski definition) is 4. The second-order valence-corrected chi connectivity index (χ2v) is 12.0. The topological polar surface area (TPSA) is 61.5 Å². The Bertz CT molecular complexity index is 469. The molecule has 2 N–H and O–H groups in total. The number of rotatable bonds is 8. The maximum absolute atomic E-state index is 12.2. The molecule has 0 fully saturated rings. The summed E-state index contributed by atoms with van der Waals surface area (Å²) in [5, 5.41) is 0. The SMILES string of the molecule is CCCOCc1cc(N)ccc1C(=O)OCC[Si](C)(C)C. The smallest absolute Gasteiger partial charge is 0.338 e. The van der Waals surface area contributed by atoms with Gasteiger partial charge in [0.1, 0.15) is 0 Å². The maximum atomic E-state index is 12.2. The molecule has 1 aromatic rings. The van der Waals surface area contributed by atoms with Gasteiger partial charge in [0.05, 0.1) is 18.8 Å². The minimum Gasteiger partial charge on any atom is -0.462 e. The fourth-order valence-electron chi connectivity index (χ4n) is 1.79. The van der Waals surface area contributed by atoms with Crippen molar-refractivity contribution in [2.75, 3.05) is 18.9 Å². The molecule has 0 aliphatic heterocycles. The van der Waals surface area contributed by atoms with Crippen LogP contribution in [0.1, 0.15) is 29.3 Å². The van der Waals surface area contributed by atoms with Crippen LogP contribution in [0.15, 0.2) is 18.2 Å². The van der Waals surface area contributed by atoms with E-state index in [4.69, 9.17) is 15.2 Å². The highest BCUT2D eigenvalue weighted by Gasteiger charge is 2.17. The van der Waals surface area contributed by atoms with Crippen LogP contribution in [0.2, 0.25) is 25.7 Å². The van der Waals surface area contributed by atoms with Gasteiger partial charge < -0.3 is 15.2 Å². The van der Waals surface area contributed by atoms with Crippen molar-refractivity contribution >= 4 is 19.7 Å². The normalized spacial score (nSPS) is 11.4. The number of nitrogen functional groups attached to an aromatic ring is 1. The molecule has 5 heteroatoms. The first-order chi connectivity index (χ1) is 9.83. The molecule has 0 spiro atoms. The van der Waals surface area contributed by atoms with Crippen LogP contribution in [-0.4, -0.2) is 27.3 Å². The molecule has 0 bridgehead atoms. The van der Waals surface area contributed by atoms with Gasteiger partial charge in [0, 0.05) is 20.4 Å². The summed E-state index contributed by atoms with van der Waals surface area (Å²) in [5.41, 5.74) is 7.76. The standard InChI is InChI=1S/C16H27NO3Si/c1-5-8-19-12-13-11-14(17)6-7-15(13)16(18)20-9-10-21(2,3)4/h6-7,11H,5,8-10,12,17H2,1-4H3. The summed E-state index contributed by atoms with van der Waals surface area (Å²) in [6.45, 7) is 10.4. The monoisotopic (exact) mass is 309 g/mol. The highest BCUT2D eigenvalue weighted by Crippen LogP contribution is 2.17. The predicted octanol–water partition coefficient (Wildman–Crippen LogP) is 3.69. The van der Waals surface area contributed by atoms with E-state index in [0.717, 1.165) is 18.0 Å². The molecule has 4 nitrogen and oxygen atoms in total. The fraction of sp³-hybridized carbons (Fsp3) is 0.562. The van der Waals surface area contributed by atoms with E-state index in [1.165, 1.54) is 0 Å². The van der Waals surface area contributed by atoms with Gasteiger partial charge >= 0.3 is 5.97 Å². The zero-order valence-corrected chi connectivity index (χ0v) is 14.6. The molecule has 0 unspecified atom stereocenters. The number of carbonyl (C=O) groups is 1. The van der Waals surface area contributed by atoms with Crippen molar-refractivity contribution < 1.29 is 14.3 Å². The first-order valence-electron chi connectivity index (χ1n) is 7.47. The average Bonchev–Trinajstić information content (AvgIpc) is 2.37. The minimum absolute atomic E-state index is 0.289. The first-order valence-corrected chi connectivity index (χ1v) is 11.2. The molecule has 0 saturated carbocycles. The molecular formula is C16H27NO3Si. The van der Waals surface area contributed by atoms with Gasteiger partial charge in [0.25, 0.3) is 0 Å². The quantitative estimate of drug-likeness (QED) is 0.344. The number of hydrogen-bond donors (Lipinski definition) is 1. The van der Waals surface area contributed by atoms with Crippen LogP contribution < -0.4 is 5.73 Å². The van der Waals surface area contributed by atoms with Crippen molar-refractivity contribution in [2.24, 2.45) is 0 Å². The molecule has 1 rings (SSSR count). The van der Waals surface area contributed by atoms with E-state index in [1.54, 1.807) is 18.2 Å². The summed E-state index contributed by atoms with van der Waals surface area (Å²) in [6, 6.07) is 6.19. The molecule has 21 heavy (non-hydrogen) atoms. The second-order valence-electron chi connectivity index (χ2n) is 6.42. The lowest BCUT2D eigenvalue weighted by atomic mass is 10.1. The molecular weight excluding hydrogens is 282 g/mol. The van der Waals surface area contributed by atoms with Gasteiger partial charge in [-0.3, -0.25) is 0 Å². The van der Waals surface area contributed by atoms with Gasteiger partial charge in [0.15, 0.2) is 0 Å². The third kappa shape index (κ3) is 6.77. The van der Waals surface area contributed by atoms with Crippen LogP contribution in [-0.2, 0) is 16.1 Å². The third-order valence-corrected chi connectivity index (χ3v) is 4.74. The zero-order chi connectivity index (χ0) is 15.9. The lowest BCUT2D eigenvalue weighted by molar-refractivity contribution is 0.0517. The Morgan fingerprint density at radius 3 is 2.57 bits per heavy atom. The van der Waals surface area contributed by atoms with Crippen LogP contribution in [0, 0.1) is 0 Å². The highest BCUT2D eigenvalue weighted by molar-refractivity contribution is 6.76. The Balaban J connectivity index is 2.69. The van der Waals surface area contributed by atoms with Crippen molar-refractivity contribution in [3.63, 3.8) is 0 Å². The van der Waals surface area contributed by atoms with Crippen molar-refractivity contribution in [3.05, 3.63) is 29.3 Å².